The first-order valence-electron chi connectivity index (χ1n) is 11.2. The van der Waals surface area contributed by atoms with Gasteiger partial charge >= 0.3 is 0 Å². The fourth-order valence-corrected chi connectivity index (χ4v) is 2.29. The van der Waals surface area contributed by atoms with E-state index in [0.717, 1.165) is 5.33 Å². The number of alkyl halides is 1. The summed E-state index contributed by atoms with van der Waals surface area (Å²) in [6.45, 7) is 10.7. The zero-order chi connectivity index (χ0) is 23.2. The SMILES string of the molecule is COCCOCCOCCOCCOCCOCCOCCOCCOCCOCCBr. The van der Waals surface area contributed by atoms with E-state index >= 15 is 0 Å². The van der Waals surface area contributed by atoms with Crippen LogP contribution in [0.3, 0.4) is 0 Å². The number of rotatable bonds is 29. The second-order valence-electron chi connectivity index (χ2n) is 6.19. The summed E-state index contributed by atoms with van der Waals surface area (Å²) >= 11 is 3.29. The monoisotopic (exact) mass is 534 g/mol. The zero-order valence-electron chi connectivity index (χ0n) is 19.6. The van der Waals surface area contributed by atoms with Crippen LogP contribution in [0.1, 0.15) is 0 Å². The van der Waals surface area contributed by atoms with Gasteiger partial charge in [-0.1, -0.05) is 15.9 Å². The topological polar surface area (TPSA) is 92.3 Å². The number of hydrogen-bond acceptors (Lipinski definition) is 10. The summed E-state index contributed by atoms with van der Waals surface area (Å²) in [7, 11) is 1.65. The van der Waals surface area contributed by atoms with Crippen molar-refractivity contribution < 1.29 is 47.4 Å². The molecule has 0 heterocycles. The van der Waals surface area contributed by atoms with Crippen molar-refractivity contribution in [3.05, 3.63) is 0 Å². The van der Waals surface area contributed by atoms with E-state index in [-0.39, 0.29) is 0 Å². The van der Waals surface area contributed by atoms with E-state index in [1.54, 1.807) is 7.11 Å². The van der Waals surface area contributed by atoms with Gasteiger partial charge in [0.2, 0.25) is 0 Å². The Bertz CT molecular complexity index is 299. The van der Waals surface area contributed by atoms with Crippen molar-refractivity contribution >= 4 is 15.9 Å². The average Bonchev–Trinajstić information content (AvgIpc) is 2.81. The lowest BCUT2D eigenvalue weighted by Gasteiger charge is -2.08. The highest BCUT2D eigenvalue weighted by atomic mass is 79.9. The third-order valence-electron chi connectivity index (χ3n) is 3.63. The Morgan fingerprint density at radius 2 is 0.500 bits per heavy atom. The minimum atomic E-state index is 0.530. The van der Waals surface area contributed by atoms with Gasteiger partial charge in [0.15, 0.2) is 0 Å². The molecule has 0 aliphatic rings. The van der Waals surface area contributed by atoms with E-state index in [2.05, 4.69) is 15.9 Å². The molecule has 194 valence electrons. The Hall–Kier alpha value is 0.0800. The van der Waals surface area contributed by atoms with Crippen LogP contribution in [0.5, 0.6) is 0 Å². The fraction of sp³-hybridized carbons (Fsp3) is 1.00. The Morgan fingerprint density at radius 1 is 0.312 bits per heavy atom. The van der Waals surface area contributed by atoms with Gasteiger partial charge in [0, 0.05) is 12.4 Å². The van der Waals surface area contributed by atoms with Crippen LogP contribution in [0.2, 0.25) is 0 Å². The van der Waals surface area contributed by atoms with Gasteiger partial charge in [-0.05, 0) is 0 Å². The molecule has 0 aromatic heterocycles. The smallest absolute Gasteiger partial charge is 0.0701 e. The van der Waals surface area contributed by atoms with Crippen LogP contribution in [-0.2, 0) is 47.4 Å². The molecule has 0 amide bonds. The second kappa shape index (κ2) is 31.1. The fourth-order valence-electron chi connectivity index (χ4n) is 2.06. The maximum absolute atomic E-state index is 5.43. The molecule has 32 heavy (non-hydrogen) atoms. The number of methoxy groups -OCH3 is 1. The predicted octanol–water partition coefficient (Wildman–Crippen LogP) is 1.18. The molecule has 0 atom stereocenters. The highest BCUT2D eigenvalue weighted by Crippen LogP contribution is 1.86. The van der Waals surface area contributed by atoms with Gasteiger partial charge in [-0.25, -0.2) is 0 Å². The van der Waals surface area contributed by atoms with Gasteiger partial charge in [0.05, 0.1) is 126 Å². The van der Waals surface area contributed by atoms with E-state index in [4.69, 9.17) is 47.4 Å². The summed E-state index contributed by atoms with van der Waals surface area (Å²) in [5.41, 5.74) is 0. The van der Waals surface area contributed by atoms with Crippen molar-refractivity contribution in [2.45, 2.75) is 0 Å². The molecule has 0 fully saturated rings. The Morgan fingerprint density at radius 3 is 0.688 bits per heavy atom. The quantitative estimate of drug-likeness (QED) is 0.103. The summed E-state index contributed by atoms with van der Waals surface area (Å²) in [6.07, 6.45) is 0. The van der Waals surface area contributed by atoms with Gasteiger partial charge in [0.25, 0.3) is 0 Å². The molecular weight excluding hydrogens is 492 g/mol. The highest BCUT2D eigenvalue weighted by Gasteiger charge is 1.95. The Labute approximate surface area is 201 Å². The summed E-state index contributed by atoms with van der Waals surface area (Å²) in [5.74, 6) is 0. The van der Waals surface area contributed by atoms with Gasteiger partial charge < -0.3 is 47.4 Å². The van der Waals surface area contributed by atoms with E-state index < -0.39 is 0 Å². The Kier molecular flexibility index (Phi) is 31.2. The largest absolute Gasteiger partial charge is 0.382 e. The van der Waals surface area contributed by atoms with E-state index in [1.807, 2.05) is 0 Å². The summed E-state index contributed by atoms with van der Waals surface area (Å²) in [6, 6.07) is 0. The maximum Gasteiger partial charge on any atom is 0.0701 e. The molecule has 0 N–H and O–H groups in total. The first-order chi connectivity index (χ1) is 15.9. The van der Waals surface area contributed by atoms with Crippen molar-refractivity contribution in [3.63, 3.8) is 0 Å². The first kappa shape index (κ1) is 32.1. The number of ether oxygens (including phenoxy) is 10. The second-order valence-corrected chi connectivity index (χ2v) is 6.99. The van der Waals surface area contributed by atoms with Crippen molar-refractivity contribution in [2.75, 3.05) is 138 Å². The first-order valence-corrected chi connectivity index (χ1v) is 12.3. The molecule has 0 unspecified atom stereocenters. The molecule has 0 aromatic carbocycles. The molecule has 11 heteroatoms. The molecule has 0 spiro atoms. The number of hydrogen-bond donors (Lipinski definition) is 0. The molecule has 0 saturated heterocycles. The lowest BCUT2D eigenvalue weighted by Crippen LogP contribution is -2.15. The Balaban J connectivity index is 2.98. The highest BCUT2D eigenvalue weighted by molar-refractivity contribution is 9.09. The van der Waals surface area contributed by atoms with Crippen LogP contribution in [0.25, 0.3) is 0 Å². The molecule has 10 nitrogen and oxygen atoms in total. The van der Waals surface area contributed by atoms with Crippen LogP contribution in [0, 0.1) is 0 Å². The van der Waals surface area contributed by atoms with Crippen LogP contribution < -0.4 is 0 Å². The predicted molar refractivity (Wildman–Crippen MR) is 123 cm³/mol. The van der Waals surface area contributed by atoms with Crippen molar-refractivity contribution in [2.24, 2.45) is 0 Å². The minimum absolute atomic E-state index is 0.530. The lowest BCUT2D eigenvalue weighted by molar-refractivity contribution is -0.0256. The van der Waals surface area contributed by atoms with E-state index in [0.29, 0.717) is 126 Å². The van der Waals surface area contributed by atoms with Crippen molar-refractivity contribution in [1.29, 1.82) is 0 Å². The zero-order valence-corrected chi connectivity index (χ0v) is 21.2. The molecule has 0 saturated carbocycles. The standard InChI is InChI=1S/C21H43BrO10/c1-23-4-5-25-8-9-27-12-13-29-16-17-31-20-21-32-19-18-30-15-14-28-11-10-26-7-6-24-3-2-22/h2-21H2,1H3. The van der Waals surface area contributed by atoms with E-state index in [9.17, 15) is 0 Å². The van der Waals surface area contributed by atoms with E-state index in [1.165, 1.54) is 0 Å². The number of halogens is 1. The summed E-state index contributed by atoms with van der Waals surface area (Å²) in [5, 5.41) is 0.843. The van der Waals surface area contributed by atoms with Crippen LogP contribution in [0.4, 0.5) is 0 Å². The molecule has 0 radical (unpaired) electrons. The molecule has 0 aliphatic heterocycles. The molecule has 0 aliphatic carbocycles. The lowest BCUT2D eigenvalue weighted by atomic mass is 10.6. The van der Waals surface area contributed by atoms with Gasteiger partial charge in [0.1, 0.15) is 0 Å². The molecule has 0 rings (SSSR count). The van der Waals surface area contributed by atoms with Crippen molar-refractivity contribution in [1.82, 2.24) is 0 Å². The van der Waals surface area contributed by atoms with Gasteiger partial charge in [-0.15, -0.1) is 0 Å². The van der Waals surface area contributed by atoms with Crippen LogP contribution in [-0.4, -0.2) is 138 Å². The third kappa shape index (κ3) is 30.1. The minimum Gasteiger partial charge on any atom is -0.382 e. The molecule has 0 aromatic rings. The van der Waals surface area contributed by atoms with Crippen LogP contribution >= 0.6 is 15.9 Å². The van der Waals surface area contributed by atoms with Gasteiger partial charge in [-0.3, -0.25) is 0 Å². The van der Waals surface area contributed by atoms with Crippen molar-refractivity contribution in [3.8, 4) is 0 Å². The average molecular weight is 535 g/mol. The summed E-state index contributed by atoms with van der Waals surface area (Å²) in [4.78, 5) is 0. The van der Waals surface area contributed by atoms with Gasteiger partial charge in [-0.2, -0.15) is 0 Å². The molecule has 0 bridgehead atoms. The maximum atomic E-state index is 5.43. The van der Waals surface area contributed by atoms with Crippen LogP contribution in [0.15, 0.2) is 0 Å². The summed E-state index contributed by atoms with van der Waals surface area (Å²) < 4.78 is 53.3. The third-order valence-corrected chi connectivity index (χ3v) is 3.95. The molecular formula is C21H43BrO10. The normalized spacial score (nSPS) is 11.4.